The molecule has 3 aliphatic heterocycles. The lowest BCUT2D eigenvalue weighted by atomic mass is 9.77. The molecule has 26 heavy (non-hydrogen) atoms. The molecule has 4 rings (SSSR count). The zero-order chi connectivity index (χ0) is 18.0. The first-order valence-electron chi connectivity index (χ1n) is 10.1. The molecule has 0 N–H and O–H groups in total. The third-order valence-electron chi connectivity index (χ3n) is 6.23. The van der Waals surface area contributed by atoms with Crippen LogP contribution in [0.4, 0.5) is 0 Å². The minimum Gasteiger partial charge on any atom is -0.493 e. The smallest absolute Gasteiger partial charge is 0.257 e. The van der Waals surface area contributed by atoms with E-state index in [1.807, 2.05) is 36.1 Å². The number of carbonyl (C=O) groups excluding carboxylic acids is 1. The van der Waals surface area contributed by atoms with Crippen LogP contribution in [-0.4, -0.2) is 66.7 Å². The highest BCUT2D eigenvalue weighted by Gasteiger charge is 2.48. The largest absolute Gasteiger partial charge is 0.493 e. The van der Waals surface area contributed by atoms with Crippen LogP contribution < -0.4 is 4.74 Å². The van der Waals surface area contributed by atoms with Gasteiger partial charge in [-0.05, 0) is 51.2 Å². The third-order valence-corrected chi connectivity index (χ3v) is 6.23. The first-order chi connectivity index (χ1) is 12.7. The van der Waals surface area contributed by atoms with Crippen LogP contribution in [0.25, 0.3) is 0 Å². The molecule has 0 aromatic heterocycles. The second-order valence-electron chi connectivity index (χ2n) is 7.81. The van der Waals surface area contributed by atoms with Gasteiger partial charge < -0.3 is 14.4 Å². The van der Waals surface area contributed by atoms with Gasteiger partial charge in [0.2, 0.25) is 0 Å². The van der Waals surface area contributed by atoms with Gasteiger partial charge >= 0.3 is 0 Å². The van der Waals surface area contributed by atoms with Gasteiger partial charge in [-0.15, -0.1) is 0 Å². The summed E-state index contributed by atoms with van der Waals surface area (Å²) in [6.45, 7) is 7.27. The van der Waals surface area contributed by atoms with Crippen LogP contribution in [0.5, 0.6) is 5.75 Å². The van der Waals surface area contributed by atoms with Crippen molar-refractivity contribution in [2.45, 2.75) is 50.7 Å². The molecule has 0 saturated carbocycles. The van der Waals surface area contributed by atoms with Gasteiger partial charge in [0.05, 0.1) is 18.3 Å². The van der Waals surface area contributed by atoms with E-state index in [4.69, 9.17) is 9.47 Å². The summed E-state index contributed by atoms with van der Waals surface area (Å²) in [7, 11) is 0. The molecule has 3 saturated heterocycles. The number of nitrogens with zero attached hydrogens (tertiary/aromatic N) is 2. The van der Waals surface area contributed by atoms with Crippen molar-refractivity contribution in [1.82, 2.24) is 9.80 Å². The summed E-state index contributed by atoms with van der Waals surface area (Å²) in [5.41, 5.74) is 0.858. The molecule has 1 aromatic rings. The average molecular weight is 358 g/mol. The highest BCUT2D eigenvalue weighted by atomic mass is 16.5. The first kappa shape index (κ1) is 17.8. The summed E-state index contributed by atoms with van der Waals surface area (Å²) >= 11 is 0. The molecule has 3 aliphatic rings. The molecule has 0 bridgehead atoms. The molecule has 2 atom stereocenters. The monoisotopic (exact) mass is 358 g/mol. The van der Waals surface area contributed by atoms with E-state index in [0.717, 1.165) is 39.2 Å². The number of rotatable bonds is 5. The Kier molecular flexibility index (Phi) is 5.18. The highest BCUT2D eigenvalue weighted by molar-refractivity contribution is 5.97. The molecule has 1 aromatic carbocycles. The van der Waals surface area contributed by atoms with E-state index in [1.165, 1.54) is 25.7 Å². The number of piperidine rings is 1. The lowest BCUT2D eigenvalue weighted by Crippen LogP contribution is -2.68. The van der Waals surface area contributed by atoms with Crippen LogP contribution in [0.2, 0.25) is 0 Å². The van der Waals surface area contributed by atoms with Crippen molar-refractivity contribution < 1.29 is 14.3 Å². The Morgan fingerprint density at radius 2 is 2.15 bits per heavy atom. The molecule has 1 spiro atoms. The molecule has 142 valence electrons. The Morgan fingerprint density at radius 3 is 2.88 bits per heavy atom. The van der Waals surface area contributed by atoms with Crippen LogP contribution >= 0.6 is 0 Å². The Labute approximate surface area is 156 Å². The Hall–Kier alpha value is -1.59. The maximum atomic E-state index is 13.2. The van der Waals surface area contributed by atoms with E-state index in [1.54, 1.807) is 0 Å². The molecular weight excluding hydrogens is 328 g/mol. The summed E-state index contributed by atoms with van der Waals surface area (Å²) in [5.74, 6) is 0.807. The second kappa shape index (κ2) is 7.57. The zero-order valence-electron chi connectivity index (χ0n) is 15.8. The van der Waals surface area contributed by atoms with Gasteiger partial charge in [-0.3, -0.25) is 9.69 Å². The number of hydrogen-bond acceptors (Lipinski definition) is 4. The van der Waals surface area contributed by atoms with Gasteiger partial charge in [0.25, 0.3) is 5.91 Å². The fourth-order valence-corrected chi connectivity index (χ4v) is 4.75. The summed E-state index contributed by atoms with van der Waals surface area (Å²) < 4.78 is 11.5. The normalized spacial score (nSPS) is 29.0. The lowest BCUT2D eigenvalue weighted by Gasteiger charge is -2.57. The van der Waals surface area contributed by atoms with Crippen molar-refractivity contribution in [2.75, 3.05) is 39.4 Å². The second-order valence-corrected chi connectivity index (χ2v) is 7.81. The van der Waals surface area contributed by atoms with Gasteiger partial charge in [-0.2, -0.15) is 0 Å². The van der Waals surface area contributed by atoms with E-state index in [-0.39, 0.29) is 11.4 Å². The lowest BCUT2D eigenvalue weighted by molar-refractivity contribution is -0.0807. The minimum atomic E-state index is 0.108. The van der Waals surface area contributed by atoms with Crippen LogP contribution in [0.1, 0.15) is 49.4 Å². The Bertz CT molecular complexity index is 644. The van der Waals surface area contributed by atoms with Crippen molar-refractivity contribution in [3.05, 3.63) is 29.8 Å². The number of benzene rings is 1. The highest BCUT2D eigenvalue weighted by Crippen LogP contribution is 2.40. The van der Waals surface area contributed by atoms with Gasteiger partial charge in [0.15, 0.2) is 0 Å². The molecule has 3 heterocycles. The van der Waals surface area contributed by atoms with E-state index < -0.39 is 0 Å². The summed E-state index contributed by atoms with van der Waals surface area (Å²) in [5, 5.41) is 0. The maximum absolute atomic E-state index is 13.2. The zero-order valence-corrected chi connectivity index (χ0v) is 15.8. The summed E-state index contributed by atoms with van der Waals surface area (Å²) in [6, 6.07) is 7.63. The van der Waals surface area contributed by atoms with E-state index in [0.29, 0.717) is 24.0 Å². The van der Waals surface area contributed by atoms with Crippen molar-refractivity contribution in [2.24, 2.45) is 0 Å². The van der Waals surface area contributed by atoms with Crippen molar-refractivity contribution in [1.29, 1.82) is 0 Å². The van der Waals surface area contributed by atoms with Crippen molar-refractivity contribution >= 4 is 5.91 Å². The molecule has 0 unspecified atom stereocenters. The Balaban J connectivity index is 1.46. The predicted octanol–water partition coefficient (Wildman–Crippen LogP) is 2.94. The summed E-state index contributed by atoms with van der Waals surface area (Å²) in [4.78, 5) is 17.8. The number of carbonyl (C=O) groups is 1. The molecule has 5 heteroatoms. The first-order valence-corrected chi connectivity index (χ1v) is 10.1. The van der Waals surface area contributed by atoms with Crippen LogP contribution in [0.15, 0.2) is 24.3 Å². The van der Waals surface area contributed by atoms with Gasteiger partial charge in [0, 0.05) is 38.3 Å². The number of amides is 1. The minimum absolute atomic E-state index is 0.108. The quantitative estimate of drug-likeness (QED) is 0.812. The fraction of sp³-hybridized carbons (Fsp3) is 0.667. The topological polar surface area (TPSA) is 42.0 Å². The van der Waals surface area contributed by atoms with E-state index in [2.05, 4.69) is 4.90 Å². The number of ether oxygens (including phenoxy) is 2. The van der Waals surface area contributed by atoms with E-state index >= 15 is 0 Å². The van der Waals surface area contributed by atoms with Gasteiger partial charge in [0.1, 0.15) is 5.75 Å². The predicted molar refractivity (Wildman–Crippen MR) is 101 cm³/mol. The molecular formula is C21H30N2O3. The number of likely N-dealkylation sites (tertiary alicyclic amines) is 2. The number of para-hydroxylation sites is 1. The van der Waals surface area contributed by atoms with Crippen molar-refractivity contribution in [3.8, 4) is 5.75 Å². The maximum Gasteiger partial charge on any atom is 0.257 e. The van der Waals surface area contributed by atoms with Crippen LogP contribution in [0, 0.1) is 0 Å². The average Bonchev–Trinajstić information content (AvgIpc) is 3.19. The van der Waals surface area contributed by atoms with Crippen molar-refractivity contribution in [3.63, 3.8) is 0 Å². The van der Waals surface area contributed by atoms with Gasteiger partial charge in [-0.25, -0.2) is 0 Å². The van der Waals surface area contributed by atoms with E-state index in [9.17, 15) is 4.79 Å². The van der Waals surface area contributed by atoms with Crippen LogP contribution in [-0.2, 0) is 4.74 Å². The standard InChI is InChI=1S/C21H30N2O3/c1-2-25-19-9-4-3-8-18(19)20(24)22-12-6-10-21(16-22)11-13-23(21)15-17-7-5-14-26-17/h3-4,8-9,17H,2,5-7,10-16H2,1H3/t17-,21-/m1/s1. The molecule has 1 amide bonds. The molecule has 0 radical (unpaired) electrons. The molecule has 0 aliphatic carbocycles. The summed E-state index contributed by atoms with van der Waals surface area (Å²) in [6.07, 6.45) is 6.20. The molecule has 3 fully saturated rings. The van der Waals surface area contributed by atoms with Gasteiger partial charge in [-0.1, -0.05) is 12.1 Å². The fourth-order valence-electron chi connectivity index (χ4n) is 4.75. The van der Waals surface area contributed by atoms with Crippen LogP contribution in [0.3, 0.4) is 0 Å². The Morgan fingerprint density at radius 1 is 1.27 bits per heavy atom. The SMILES string of the molecule is CCOc1ccccc1C(=O)N1CCC[C@@]2(CCN2C[C@H]2CCCO2)C1. The number of hydrogen-bond donors (Lipinski definition) is 0. The third kappa shape index (κ3) is 3.35. The molecule has 5 nitrogen and oxygen atoms in total.